The van der Waals surface area contributed by atoms with Gasteiger partial charge in [0, 0.05) is 42.9 Å². The van der Waals surface area contributed by atoms with Crippen LogP contribution in [0.4, 0.5) is 5.69 Å². The highest BCUT2D eigenvalue weighted by molar-refractivity contribution is 5.98. The fourth-order valence-corrected chi connectivity index (χ4v) is 3.64. The minimum atomic E-state index is -0.582. The number of hydrogen-bond donors (Lipinski definition) is 2. The molecule has 1 aliphatic heterocycles. The van der Waals surface area contributed by atoms with E-state index in [1.165, 1.54) is 29.2 Å². The summed E-state index contributed by atoms with van der Waals surface area (Å²) >= 11 is 0. The van der Waals surface area contributed by atoms with Crippen LogP contribution in [0.25, 0.3) is 0 Å². The van der Waals surface area contributed by atoms with Gasteiger partial charge in [-0.3, -0.25) is 24.5 Å². The molecule has 33 heavy (non-hydrogen) atoms. The Morgan fingerprint density at radius 1 is 1.03 bits per heavy atom. The zero-order chi connectivity index (χ0) is 23.8. The van der Waals surface area contributed by atoms with Crippen molar-refractivity contribution in [1.82, 2.24) is 15.5 Å². The molecule has 10 heteroatoms. The van der Waals surface area contributed by atoms with E-state index in [9.17, 15) is 24.5 Å². The number of carbonyl (C=O) groups is 3. The largest absolute Gasteiger partial charge is 0.497 e. The zero-order valence-electron chi connectivity index (χ0n) is 18.3. The highest BCUT2D eigenvalue weighted by Gasteiger charge is 2.34. The summed E-state index contributed by atoms with van der Waals surface area (Å²) in [7, 11) is 1.56. The molecule has 174 valence electrons. The van der Waals surface area contributed by atoms with Crippen LogP contribution in [-0.4, -0.2) is 60.3 Å². The van der Waals surface area contributed by atoms with Gasteiger partial charge in [-0.2, -0.15) is 0 Å². The lowest BCUT2D eigenvalue weighted by atomic mass is 10.1. The molecule has 2 aromatic rings. The number of benzene rings is 2. The van der Waals surface area contributed by atoms with Crippen LogP contribution in [-0.2, 0) is 4.79 Å². The van der Waals surface area contributed by atoms with Crippen molar-refractivity contribution in [2.24, 2.45) is 0 Å². The molecule has 1 saturated heterocycles. The second-order valence-electron chi connectivity index (χ2n) is 7.59. The molecule has 3 amide bonds. The summed E-state index contributed by atoms with van der Waals surface area (Å²) in [6, 6.07) is 11.5. The van der Waals surface area contributed by atoms with Crippen LogP contribution in [0.1, 0.15) is 40.0 Å². The van der Waals surface area contributed by atoms with Crippen LogP contribution in [0.2, 0.25) is 0 Å². The molecule has 1 fully saturated rings. The quantitative estimate of drug-likeness (QED) is 0.339. The standard InChI is InChI=1S/C23H26N4O6/c1-33-19-11-7-16(8-12-19)21(28)24-13-3-14-25-22(29)20-4-2-15-26(20)23(30)17-5-9-18(10-6-17)27(31)32/h5-12,20H,2-4,13-15H2,1H3,(H,24,28)(H,25,29)/t20-/m1/s1. The average Bonchev–Trinajstić information content (AvgIpc) is 3.33. The van der Waals surface area contributed by atoms with Gasteiger partial charge in [0.05, 0.1) is 12.0 Å². The molecule has 0 unspecified atom stereocenters. The highest BCUT2D eigenvalue weighted by Crippen LogP contribution is 2.21. The number of nitrogens with one attached hydrogen (secondary N) is 2. The monoisotopic (exact) mass is 454 g/mol. The Kier molecular flexibility index (Phi) is 7.96. The van der Waals surface area contributed by atoms with E-state index >= 15 is 0 Å². The number of ether oxygens (including phenoxy) is 1. The lowest BCUT2D eigenvalue weighted by Crippen LogP contribution is -2.46. The van der Waals surface area contributed by atoms with Gasteiger partial charge in [0.15, 0.2) is 0 Å². The number of likely N-dealkylation sites (tertiary alicyclic amines) is 1. The van der Waals surface area contributed by atoms with Gasteiger partial charge in [0.25, 0.3) is 17.5 Å². The predicted molar refractivity (Wildman–Crippen MR) is 120 cm³/mol. The number of rotatable bonds is 9. The smallest absolute Gasteiger partial charge is 0.269 e. The van der Waals surface area contributed by atoms with Crippen molar-refractivity contribution in [3.05, 3.63) is 69.8 Å². The molecule has 0 saturated carbocycles. The summed E-state index contributed by atoms with van der Waals surface area (Å²) in [4.78, 5) is 49.3. The second-order valence-corrected chi connectivity index (χ2v) is 7.59. The molecule has 1 atom stereocenters. The van der Waals surface area contributed by atoms with Crippen molar-refractivity contribution in [2.45, 2.75) is 25.3 Å². The number of methoxy groups -OCH3 is 1. The molecule has 0 bridgehead atoms. The number of amides is 3. The van der Waals surface area contributed by atoms with Gasteiger partial charge in [0.1, 0.15) is 11.8 Å². The van der Waals surface area contributed by atoms with E-state index in [2.05, 4.69) is 10.6 Å². The molecular formula is C23H26N4O6. The third kappa shape index (κ3) is 6.06. The minimum absolute atomic E-state index is 0.0960. The maximum Gasteiger partial charge on any atom is 0.269 e. The molecule has 10 nitrogen and oxygen atoms in total. The van der Waals surface area contributed by atoms with Gasteiger partial charge < -0.3 is 20.3 Å². The van der Waals surface area contributed by atoms with Crippen molar-refractivity contribution in [2.75, 3.05) is 26.7 Å². The van der Waals surface area contributed by atoms with E-state index < -0.39 is 11.0 Å². The van der Waals surface area contributed by atoms with Gasteiger partial charge in [0.2, 0.25) is 5.91 Å². The Hall–Kier alpha value is -3.95. The van der Waals surface area contributed by atoms with E-state index in [0.717, 1.165) is 0 Å². The number of nitro benzene ring substituents is 1. The first kappa shape index (κ1) is 23.7. The van der Waals surface area contributed by atoms with Crippen LogP contribution in [0.5, 0.6) is 5.75 Å². The van der Waals surface area contributed by atoms with E-state index in [0.29, 0.717) is 55.8 Å². The van der Waals surface area contributed by atoms with Gasteiger partial charge in [-0.25, -0.2) is 0 Å². The number of nitrogens with zero attached hydrogens (tertiary/aromatic N) is 2. The average molecular weight is 454 g/mol. The molecule has 2 N–H and O–H groups in total. The third-order valence-electron chi connectivity index (χ3n) is 5.43. The van der Waals surface area contributed by atoms with Gasteiger partial charge in [-0.05, 0) is 55.7 Å². The van der Waals surface area contributed by atoms with Crippen LogP contribution in [0.15, 0.2) is 48.5 Å². The predicted octanol–water partition coefficient (Wildman–Crippen LogP) is 2.14. The molecule has 1 heterocycles. The van der Waals surface area contributed by atoms with Crippen LogP contribution in [0, 0.1) is 10.1 Å². The summed E-state index contributed by atoms with van der Waals surface area (Å²) in [5, 5.41) is 16.4. The Bertz CT molecular complexity index is 1010. The number of non-ortho nitro benzene ring substituents is 1. The van der Waals surface area contributed by atoms with Crippen molar-refractivity contribution in [3.8, 4) is 5.75 Å². The summed E-state index contributed by atoms with van der Waals surface area (Å²) in [5.74, 6) is -0.111. The zero-order valence-corrected chi connectivity index (χ0v) is 18.3. The fraction of sp³-hybridized carbons (Fsp3) is 0.348. The number of hydrogen-bond acceptors (Lipinski definition) is 6. The van der Waals surface area contributed by atoms with Crippen LogP contribution >= 0.6 is 0 Å². The Labute approximate surface area is 191 Å². The lowest BCUT2D eigenvalue weighted by molar-refractivity contribution is -0.384. The molecule has 0 radical (unpaired) electrons. The molecule has 2 aromatic carbocycles. The number of nitro groups is 1. The fourth-order valence-electron chi connectivity index (χ4n) is 3.64. The Morgan fingerprint density at radius 3 is 2.30 bits per heavy atom. The normalized spacial score (nSPS) is 15.1. The van der Waals surface area contributed by atoms with Crippen LogP contribution in [0.3, 0.4) is 0 Å². The molecule has 0 aromatic heterocycles. The summed E-state index contributed by atoms with van der Waals surface area (Å²) in [6.07, 6.45) is 1.80. The first-order chi connectivity index (χ1) is 15.9. The third-order valence-corrected chi connectivity index (χ3v) is 5.43. The summed E-state index contributed by atoms with van der Waals surface area (Å²) in [6.45, 7) is 1.20. The van der Waals surface area contributed by atoms with Crippen LogP contribution < -0.4 is 15.4 Å². The van der Waals surface area contributed by atoms with E-state index in [-0.39, 0.29) is 23.4 Å². The molecular weight excluding hydrogens is 428 g/mol. The van der Waals surface area contributed by atoms with Crippen molar-refractivity contribution in [1.29, 1.82) is 0 Å². The lowest BCUT2D eigenvalue weighted by Gasteiger charge is -2.24. The second kappa shape index (κ2) is 11.1. The Morgan fingerprint density at radius 2 is 1.67 bits per heavy atom. The summed E-state index contributed by atoms with van der Waals surface area (Å²) in [5.41, 5.74) is 0.731. The van der Waals surface area contributed by atoms with E-state index in [1.807, 2.05) is 0 Å². The van der Waals surface area contributed by atoms with Gasteiger partial charge in [-0.15, -0.1) is 0 Å². The molecule has 0 aliphatic carbocycles. The first-order valence-electron chi connectivity index (χ1n) is 10.7. The topological polar surface area (TPSA) is 131 Å². The molecule has 1 aliphatic rings. The molecule has 3 rings (SSSR count). The van der Waals surface area contributed by atoms with Gasteiger partial charge >= 0.3 is 0 Å². The van der Waals surface area contributed by atoms with Crippen molar-refractivity contribution in [3.63, 3.8) is 0 Å². The first-order valence-corrected chi connectivity index (χ1v) is 10.7. The number of carbonyl (C=O) groups excluding carboxylic acids is 3. The Balaban J connectivity index is 1.44. The van der Waals surface area contributed by atoms with E-state index in [1.54, 1.807) is 31.4 Å². The minimum Gasteiger partial charge on any atom is -0.497 e. The SMILES string of the molecule is COc1ccc(C(=O)NCCCNC(=O)[C@H]2CCCN2C(=O)c2ccc([N+](=O)[O-])cc2)cc1. The molecule has 0 spiro atoms. The van der Waals surface area contributed by atoms with Crippen molar-refractivity contribution >= 4 is 23.4 Å². The van der Waals surface area contributed by atoms with Crippen molar-refractivity contribution < 1.29 is 24.0 Å². The maximum atomic E-state index is 12.8. The maximum absolute atomic E-state index is 12.8. The highest BCUT2D eigenvalue weighted by atomic mass is 16.6. The summed E-state index contributed by atoms with van der Waals surface area (Å²) < 4.78 is 5.07. The van der Waals surface area contributed by atoms with Gasteiger partial charge in [-0.1, -0.05) is 0 Å². The van der Waals surface area contributed by atoms with E-state index in [4.69, 9.17) is 4.74 Å².